The van der Waals surface area contributed by atoms with Gasteiger partial charge in [0.05, 0.1) is 29.9 Å². The Bertz CT molecular complexity index is 2030. The zero-order chi connectivity index (χ0) is 38.8. The first kappa shape index (κ1) is 40.0. The summed E-state index contributed by atoms with van der Waals surface area (Å²) in [7, 11) is 0. The summed E-state index contributed by atoms with van der Waals surface area (Å²) in [6.45, 7) is 4.62. The van der Waals surface area contributed by atoms with Gasteiger partial charge < -0.3 is 18.9 Å². The van der Waals surface area contributed by atoms with Crippen LogP contribution in [0.2, 0.25) is 0 Å². The van der Waals surface area contributed by atoms with Gasteiger partial charge >= 0.3 is 17.9 Å². The normalized spacial score (nSPS) is 11.2. The Morgan fingerprint density at radius 3 is 1.84 bits per heavy atom. The number of para-hydroxylation sites is 1. The van der Waals surface area contributed by atoms with E-state index in [1.165, 1.54) is 12.8 Å². The molecule has 0 radical (unpaired) electrons. The molecule has 0 saturated carbocycles. The lowest BCUT2D eigenvalue weighted by molar-refractivity contribution is -0.134. The molecule has 0 heterocycles. The predicted octanol–water partition coefficient (Wildman–Crippen LogP) is 11.2. The van der Waals surface area contributed by atoms with Crippen LogP contribution in [0.1, 0.15) is 97.9 Å². The Morgan fingerprint density at radius 1 is 0.618 bits per heavy atom. The number of hydrogen-bond donors (Lipinski definition) is 0. The van der Waals surface area contributed by atoms with E-state index >= 15 is 0 Å². The van der Waals surface area contributed by atoms with E-state index in [0.717, 1.165) is 60.1 Å². The van der Waals surface area contributed by atoms with Crippen molar-refractivity contribution < 1.29 is 33.3 Å². The standard InChI is InChI=1S/C47H47NO7/c1-3-4-5-7-12-34(2)53-46(50)40-22-20-37(21-23-40)39-26-30-42(31-27-39)54-47(51)43-13-9-10-14-44(43)55-45(49)15-8-6-11-32-52-41-28-24-38(25-29-41)36-18-16-35(33-48)17-19-36/h9-10,13-14,16-31,34H,3-8,11-12,15,32H2,1-2H3/t34-/m1/s1. The Morgan fingerprint density at radius 2 is 1.20 bits per heavy atom. The smallest absolute Gasteiger partial charge is 0.347 e. The first-order chi connectivity index (χ1) is 26.8. The van der Waals surface area contributed by atoms with E-state index in [2.05, 4.69) is 13.0 Å². The molecule has 0 saturated heterocycles. The minimum absolute atomic E-state index is 0.125. The van der Waals surface area contributed by atoms with Crippen LogP contribution in [0.5, 0.6) is 17.2 Å². The van der Waals surface area contributed by atoms with E-state index in [1.54, 1.807) is 60.7 Å². The topological polar surface area (TPSA) is 112 Å². The van der Waals surface area contributed by atoms with Crippen LogP contribution in [-0.4, -0.2) is 30.6 Å². The zero-order valence-corrected chi connectivity index (χ0v) is 31.5. The number of ether oxygens (including phenoxy) is 4. The molecule has 282 valence electrons. The number of unbranched alkanes of at least 4 members (excludes halogenated alkanes) is 5. The average molecular weight is 738 g/mol. The highest BCUT2D eigenvalue weighted by Crippen LogP contribution is 2.27. The van der Waals surface area contributed by atoms with Crippen molar-refractivity contribution in [2.45, 2.75) is 77.7 Å². The predicted molar refractivity (Wildman–Crippen MR) is 213 cm³/mol. The number of nitriles is 1. The number of rotatable bonds is 19. The van der Waals surface area contributed by atoms with Gasteiger partial charge in [-0.15, -0.1) is 0 Å². The minimum Gasteiger partial charge on any atom is -0.494 e. The average Bonchev–Trinajstić information content (AvgIpc) is 3.21. The number of nitrogens with zero attached hydrogens (tertiary/aromatic N) is 1. The van der Waals surface area contributed by atoms with Crippen molar-refractivity contribution in [3.63, 3.8) is 0 Å². The largest absolute Gasteiger partial charge is 0.494 e. The summed E-state index contributed by atoms with van der Waals surface area (Å²) >= 11 is 0. The van der Waals surface area contributed by atoms with E-state index in [1.807, 2.05) is 67.6 Å². The summed E-state index contributed by atoms with van der Waals surface area (Å²) in [5.41, 5.74) is 5.13. The summed E-state index contributed by atoms with van der Waals surface area (Å²) in [5, 5.41) is 8.99. The van der Waals surface area contributed by atoms with Gasteiger partial charge in [0.25, 0.3) is 0 Å². The first-order valence-corrected chi connectivity index (χ1v) is 19.0. The van der Waals surface area contributed by atoms with Crippen LogP contribution < -0.4 is 14.2 Å². The fourth-order valence-electron chi connectivity index (χ4n) is 5.96. The molecule has 8 heteroatoms. The first-order valence-electron chi connectivity index (χ1n) is 19.0. The summed E-state index contributed by atoms with van der Waals surface area (Å²) in [6, 6.07) is 38.2. The molecular formula is C47H47NO7. The van der Waals surface area contributed by atoms with Crippen LogP contribution in [0.15, 0.2) is 121 Å². The fraction of sp³-hybridized carbons (Fsp3) is 0.277. The number of esters is 3. The third-order valence-corrected chi connectivity index (χ3v) is 9.12. The third kappa shape index (κ3) is 12.4. The Labute approximate surface area is 323 Å². The zero-order valence-electron chi connectivity index (χ0n) is 31.5. The number of benzene rings is 5. The van der Waals surface area contributed by atoms with Crippen LogP contribution in [-0.2, 0) is 9.53 Å². The van der Waals surface area contributed by atoms with Crippen molar-refractivity contribution in [2.75, 3.05) is 6.61 Å². The van der Waals surface area contributed by atoms with Gasteiger partial charge in [-0.2, -0.15) is 5.26 Å². The van der Waals surface area contributed by atoms with Crippen LogP contribution in [0.25, 0.3) is 22.3 Å². The van der Waals surface area contributed by atoms with Crippen molar-refractivity contribution in [2.24, 2.45) is 0 Å². The molecule has 0 spiro atoms. The molecule has 8 nitrogen and oxygen atoms in total. The number of carbonyl (C=O) groups excluding carboxylic acids is 3. The second-order valence-corrected chi connectivity index (χ2v) is 13.4. The molecule has 5 aromatic rings. The van der Waals surface area contributed by atoms with Crippen molar-refractivity contribution >= 4 is 17.9 Å². The minimum atomic E-state index is -0.638. The third-order valence-electron chi connectivity index (χ3n) is 9.12. The SMILES string of the molecule is CCCCCC[C@@H](C)OC(=O)c1ccc(-c2ccc(OC(=O)c3ccccc3OC(=O)CCCCCOc3ccc(-c4ccc(C#N)cc4)cc3)cc2)cc1. The lowest BCUT2D eigenvalue weighted by Crippen LogP contribution is -2.15. The van der Waals surface area contributed by atoms with Gasteiger partial charge in [-0.1, -0.05) is 86.8 Å². The summed E-state index contributed by atoms with van der Waals surface area (Å²) in [5.74, 6) is -0.149. The number of carbonyl (C=O) groups is 3. The maximum absolute atomic E-state index is 13.1. The highest BCUT2D eigenvalue weighted by molar-refractivity contribution is 5.95. The molecule has 0 aromatic heterocycles. The van der Waals surface area contributed by atoms with E-state index in [4.69, 9.17) is 24.2 Å². The summed E-state index contributed by atoms with van der Waals surface area (Å²) < 4.78 is 22.7. The molecule has 0 N–H and O–H groups in total. The molecule has 5 rings (SSSR count). The molecule has 0 unspecified atom stereocenters. The molecule has 0 aliphatic carbocycles. The summed E-state index contributed by atoms with van der Waals surface area (Å²) in [4.78, 5) is 38.4. The van der Waals surface area contributed by atoms with Crippen LogP contribution in [0.4, 0.5) is 0 Å². The maximum Gasteiger partial charge on any atom is 0.347 e. The molecule has 0 amide bonds. The molecule has 5 aromatic carbocycles. The summed E-state index contributed by atoms with van der Waals surface area (Å²) in [6.07, 6.45) is 7.65. The Balaban J connectivity index is 1.03. The Hall–Kier alpha value is -6.20. The molecule has 55 heavy (non-hydrogen) atoms. The van der Waals surface area contributed by atoms with Gasteiger partial charge in [0.1, 0.15) is 22.8 Å². The van der Waals surface area contributed by atoms with Gasteiger partial charge in [-0.25, -0.2) is 9.59 Å². The van der Waals surface area contributed by atoms with Crippen molar-refractivity contribution in [3.05, 3.63) is 138 Å². The van der Waals surface area contributed by atoms with Crippen LogP contribution in [0.3, 0.4) is 0 Å². The van der Waals surface area contributed by atoms with Gasteiger partial charge in [0.2, 0.25) is 0 Å². The van der Waals surface area contributed by atoms with E-state index in [0.29, 0.717) is 29.9 Å². The Kier molecular flexibility index (Phi) is 15.2. The second-order valence-electron chi connectivity index (χ2n) is 13.4. The van der Waals surface area contributed by atoms with Crippen molar-refractivity contribution in [3.8, 4) is 45.6 Å². The fourth-order valence-corrected chi connectivity index (χ4v) is 5.96. The quantitative estimate of drug-likeness (QED) is 0.0468. The lowest BCUT2D eigenvalue weighted by atomic mass is 10.0. The molecular weight excluding hydrogens is 691 g/mol. The van der Waals surface area contributed by atoms with Gasteiger partial charge in [-0.05, 0) is 122 Å². The van der Waals surface area contributed by atoms with E-state index in [9.17, 15) is 14.4 Å². The van der Waals surface area contributed by atoms with Gasteiger partial charge in [0.15, 0.2) is 0 Å². The van der Waals surface area contributed by atoms with Crippen LogP contribution in [0, 0.1) is 11.3 Å². The molecule has 1 atom stereocenters. The van der Waals surface area contributed by atoms with Gasteiger partial charge in [0, 0.05) is 6.42 Å². The monoisotopic (exact) mass is 737 g/mol. The molecule has 0 aliphatic heterocycles. The van der Waals surface area contributed by atoms with Gasteiger partial charge in [-0.3, -0.25) is 4.79 Å². The molecule has 0 aliphatic rings. The van der Waals surface area contributed by atoms with Crippen molar-refractivity contribution in [1.29, 1.82) is 5.26 Å². The van der Waals surface area contributed by atoms with Crippen LogP contribution >= 0.6 is 0 Å². The maximum atomic E-state index is 13.1. The molecule has 0 fully saturated rings. The van der Waals surface area contributed by atoms with E-state index in [-0.39, 0.29) is 29.8 Å². The lowest BCUT2D eigenvalue weighted by Gasteiger charge is -2.13. The van der Waals surface area contributed by atoms with Crippen molar-refractivity contribution in [1.82, 2.24) is 0 Å². The number of hydrogen-bond acceptors (Lipinski definition) is 8. The highest BCUT2D eigenvalue weighted by atomic mass is 16.6. The van der Waals surface area contributed by atoms with E-state index < -0.39 is 11.9 Å². The molecule has 0 bridgehead atoms. The second kappa shape index (κ2) is 20.9. The highest BCUT2D eigenvalue weighted by Gasteiger charge is 2.18.